The zero-order chi connectivity index (χ0) is 13.4. The Bertz CT molecular complexity index is 780. The van der Waals surface area contributed by atoms with Crippen LogP contribution >= 0.6 is 11.6 Å². The van der Waals surface area contributed by atoms with E-state index in [4.69, 9.17) is 16.3 Å². The lowest BCUT2D eigenvalue weighted by atomic mass is 10.1. The topological polar surface area (TPSA) is 55.0 Å². The van der Waals surface area contributed by atoms with Gasteiger partial charge in [-0.25, -0.2) is 9.78 Å². The summed E-state index contributed by atoms with van der Waals surface area (Å²) in [6.07, 6.45) is 1.63. The van der Waals surface area contributed by atoms with E-state index in [1.165, 1.54) is 0 Å². The molecule has 0 saturated heterocycles. The van der Waals surface area contributed by atoms with Crippen molar-refractivity contribution in [3.05, 3.63) is 41.2 Å². The zero-order valence-electron chi connectivity index (χ0n) is 10.2. The Balaban J connectivity index is 2.23. The molecule has 3 rings (SSSR count). The predicted molar refractivity (Wildman–Crippen MR) is 74.6 cm³/mol. The van der Waals surface area contributed by atoms with Crippen molar-refractivity contribution < 1.29 is 9.53 Å². The molecular formula is C14H11ClN2O2. The van der Waals surface area contributed by atoms with E-state index in [0.717, 1.165) is 21.8 Å². The third-order valence-corrected chi connectivity index (χ3v) is 3.16. The van der Waals surface area contributed by atoms with Crippen LogP contribution in [0, 0.1) is 0 Å². The fourth-order valence-electron chi connectivity index (χ4n) is 2.09. The first-order valence-corrected chi connectivity index (χ1v) is 6.31. The van der Waals surface area contributed by atoms with Gasteiger partial charge in [0.2, 0.25) is 0 Å². The van der Waals surface area contributed by atoms with Crippen molar-refractivity contribution in [2.45, 2.75) is 6.92 Å². The molecule has 0 atom stereocenters. The maximum atomic E-state index is 11.7. The van der Waals surface area contributed by atoms with E-state index in [1.807, 2.05) is 18.2 Å². The number of aromatic amines is 1. The van der Waals surface area contributed by atoms with Gasteiger partial charge in [-0.15, -0.1) is 0 Å². The number of halogens is 1. The van der Waals surface area contributed by atoms with Crippen LogP contribution in [0.4, 0.5) is 0 Å². The van der Waals surface area contributed by atoms with Crippen molar-refractivity contribution in [3.8, 4) is 0 Å². The number of H-pyrrole nitrogens is 1. The fourth-order valence-corrected chi connectivity index (χ4v) is 2.26. The van der Waals surface area contributed by atoms with Gasteiger partial charge in [-0.3, -0.25) is 0 Å². The summed E-state index contributed by atoms with van der Waals surface area (Å²) < 4.78 is 4.95. The highest BCUT2D eigenvalue weighted by Gasteiger charge is 2.12. The van der Waals surface area contributed by atoms with Crippen LogP contribution in [0.25, 0.3) is 21.8 Å². The Kier molecular flexibility index (Phi) is 2.87. The van der Waals surface area contributed by atoms with Gasteiger partial charge in [0.1, 0.15) is 5.69 Å². The van der Waals surface area contributed by atoms with Crippen LogP contribution in [-0.4, -0.2) is 22.5 Å². The number of carbonyl (C=O) groups excluding carboxylic acids is 1. The molecule has 4 nitrogen and oxygen atoms in total. The number of benzene rings is 1. The minimum atomic E-state index is -0.416. The molecule has 0 fully saturated rings. The number of hydrogen-bond donors (Lipinski definition) is 1. The first kappa shape index (κ1) is 12.0. The number of carbonyl (C=O) groups is 1. The van der Waals surface area contributed by atoms with Crippen molar-refractivity contribution in [2.24, 2.45) is 0 Å². The summed E-state index contributed by atoms with van der Waals surface area (Å²) in [6, 6.07) is 7.31. The number of nitrogens with zero attached hydrogens (tertiary/aromatic N) is 1. The van der Waals surface area contributed by atoms with E-state index in [2.05, 4.69) is 9.97 Å². The van der Waals surface area contributed by atoms with Crippen LogP contribution in [0.3, 0.4) is 0 Å². The lowest BCUT2D eigenvalue weighted by molar-refractivity contribution is 0.0520. The van der Waals surface area contributed by atoms with E-state index in [1.54, 1.807) is 19.2 Å². The van der Waals surface area contributed by atoms with Gasteiger partial charge in [-0.05, 0) is 31.2 Å². The lowest BCUT2D eigenvalue weighted by Gasteiger charge is -2.00. The van der Waals surface area contributed by atoms with Crippen LogP contribution in [-0.2, 0) is 4.74 Å². The normalized spacial score (nSPS) is 11.1. The summed E-state index contributed by atoms with van der Waals surface area (Å²) in [7, 11) is 0. The highest BCUT2D eigenvalue weighted by molar-refractivity contribution is 6.31. The molecule has 0 aliphatic rings. The molecule has 2 aromatic heterocycles. The lowest BCUT2D eigenvalue weighted by Crippen LogP contribution is -2.06. The van der Waals surface area contributed by atoms with Crippen LogP contribution in [0.1, 0.15) is 17.4 Å². The average molecular weight is 275 g/mol. The van der Waals surface area contributed by atoms with Gasteiger partial charge in [0.25, 0.3) is 0 Å². The standard InChI is InChI=1S/C14H11ClN2O2/c1-2-19-14(18)12-6-10-9-5-8(15)3-4-11(9)17-13(10)7-16-12/h3-7,17H,2H2,1H3. The molecule has 0 spiro atoms. The molecule has 0 radical (unpaired) electrons. The second-order valence-corrected chi connectivity index (χ2v) is 4.59. The average Bonchev–Trinajstić information content (AvgIpc) is 2.76. The Hall–Kier alpha value is -2.07. The Morgan fingerprint density at radius 3 is 2.89 bits per heavy atom. The van der Waals surface area contributed by atoms with Crippen LogP contribution in [0.2, 0.25) is 5.02 Å². The third-order valence-electron chi connectivity index (χ3n) is 2.93. The van der Waals surface area contributed by atoms with Gasteiger partial charge in [0.15, 0.2) is 0 Å². The monoisotopic (exact) mass is 274 g/mol. The number of aromatic nitrogens is 2. The first-order valence-electron chi connectivity index (χ1n) is 5.93. The van der Waals surface area contributed by atoms with Gasteiger partial charge in [0, 0.05) is 21.3 Å². The van der Waals surface area contributed by atoms with E-state index in [0.29, 0.717) is 17.3 Å². The van der Waals surface area contributed by atoms with Crippen molar-refractivity contribution in [2.75, 3.05) is 6.61 Å². The number of ether oxygens (including phenoxy) is 1. The summed E-state index contributed by atoms with van der Waals surface area (Å²) in [5.41, 5.74) is 2.13. The summed E-state index contributed by atoms with van der Waals surface area (Å²) in [5.74, 6) is -0.416. The number of rotatable bonds is 2. The fraction of sp³-hybridized carbons (Fsp3) is 0.143. The summed E-state index contributed by atoms with van der Waals surface area (Å²) in [6.45, 7) is 2.10. The highest BCUT2D eigenvalue weighted by Crippen LogP contribution is 2.27. The zero-order valence-corrected chi connectivity index (χ0v) is 11.0. The maximum Gasteiger partial charge on any atom is 0.356 e. The van der Waals surface area contributed by atoms with Crippen molar-refractivity contribution >= 4 is 39.4 Å². The summed E-state index contributed by atoms with van der Waals surface area (Å²) in [4.78, 5) is 19.0. The number of fused-ring (bicyclic) bond motifs is 3. The minimum Gasteiger partial charge on any atom is -0.461 e. The van der Waals surface area contributed by atoms with E-state index in [9.17, 15) is 4.79 Å². The summed E-state index contributed by atoms with van der Waals surface area (Å²) >= 11 is 6.01. The quantitative estimate of drug-likeness (QED) is 0.727. The molecule has 19 heavy (non-hydrogen) atoms. The maximum absolute atomic E-state index is 11.7. The number of pyridine rings is 1. The largest absolute Gasteiger partial charge is 0.461 e. The molecule has 0 aliphatic carbocycles. The Morgan fingerprint density at radius 2 is 2.11 bits per heavy atom. The number of hydrogen-bond acceptors (Lipinski definition) is 3. The van der Waals surface area contributed by atoms with Crippen LogP contribution in [0.5, 0.6) is 0 Å². The van der Waals surface area contributed by atoms with Gasteiger partial charge >= 0.3 is 5.97 Å². The van der Waals surface area contributed by atoms with Gasteiger partial charge in [0.05, 0.1) is 18.3 Å². The molecule has 0 amide bonds. The number of esters is 1. The molecule has 5 heteroatoms. The molecule has 0 saturated carbocycles. The predicted octanol–water partition coefficient (Wildman–Crippen LogP) is 3.55. The Labute approximate surface area is 114 Å². The molecule has 0 unspecified atom stereocenters. The van der Waals surface area contributed by atoms with Gasteiger partial charge in [-0.1, -0.05) is 11.6 Å². The molecule has 0 aliphatic heterocycles. The van der Waals surface area contributed by atoms with E-state index >= 15 is 0 Å². The first-order chi connectivity index (χ1) is 9.19. The highest BCUT2D eigenvalue weighted by atomic mass is 35.5. The minimum absolute atomic E-state index is 0.301. The van der Waals surface area contributed by atoms with Crippen LogP contribution < -0.4 is 0 Å². The molecule has 0 bridgehead atoms. The van der Waals surface area contributed by atoms with Crippen molar-refractivity contribution in [1.29, 1.82) is 0 Å². The van der Waals surface area contributed by atoms with E-state index in [-0.39, 0.29) is 0 Å². The molecule has 1 N–H and O–H groups in total. The van der Waals surface area contributed by atoms with Gasteiger partial charge < -0.3 is 9.72 Å². The number of nitrogens with one attached hydrogen (secondary N) is 1. The van der Waals surface area contributed by atoms with E-state index < -0.39 is 5.97 Å². The smallest absolute Gasteiger partial charge is 0.356 e. The second-order valence-electron chi connectivity index (χ2n) is 4.15. The second kappa shape index (κ2) is 4.55. The van der Waals surface area contributed by atoms with Gasteiger partial charge in [-0.2, -0.15) is 0 Å². The molecule has 96 valence electrons. The van der Waals surface area contributed by atoms with Crippen LogP contribution in [0.15, 0.2) is 30.5 Å². The Morgan fingerprint density at radius 1 is 1.32 bits per heavy atom. The molecule has 1 aromatic carbocycles. The van der Waals surface area contributed by atoms with Crippen molar-refractivity contribution in [1.82, 2.24) is 9.97 Å². The SMILES string of the molecule is CCOC(=O)c1cc2c(cn1)[nH]c1ccc(Cl)cc12. The molecular weight excluding hydrogens is 264 g/mol. The third kappa shape index (κ3) is 2.04. The summed E-state index contributed by atoms with van der Waals surface area (Å²) in [5, 5.41) is 2.54. The van der Waals surface area contributed by atoms with Crippen molar-refractivity contribution in [3.63, 3.8) is 0 Å². The molecule has 2 heterocycles. The molecule has 3 aromatic rings.